The minimum Gasteiger partial charge on any atom is -0.483 e. The van der Waals surface area contributed by atoms with Gasteiger partial charge >= 0.3 is 0 Å². The lowest BCUT2D eigenvalue weighted by molar-refractivity contribution is 0.139. The maximum Gasteiger partial charge on any atom is 0.157 e. The quantitative estimate of drug-likeness (QED) is 0.699. The molecule has 1 saturated heterocycles. The fraction of sp³-hybridized carbons (Fsp3) is 0.368. The number of nitrogens with zero attached hydrogens (tertiary/aromatic N) is 4. The van der Waals surface area contributed by atoms with Crippen molar-refractivity contribution in [3.05, 3.63) is 66.2 Å². The SMILES string of the molecule is Cn1cc(O[C@@H]2COC[C@@H]2NCc2cnn(Cc3ccccc3)c2)cn1. The molecule has 1 aliphatic heterocycles. The molecule has 0 spiro atoms. The highest BCUT2D eigenvalue weighted by atomic mass is 16.5. The van der Waals surface area contributed by atoms with E-state index in [0.717, 1.165) is 24.4 Å². The van der Waals surface area contributed by atoms with Crippen molar-refractivity contribution < 1.29 is 9.47 Å². The standard InChI is InChI=1S/C19H23N5O2/c1-23-12-17(9-21-23)26-19-14-25-13-18(19)20-7-16-8-22-24(11-16)10-15-5-3-2-4-6-15/h2-6,8-9,11-12,18-20H,7,10,13-14H2,1H3/t18-,19+/m0/s1. The summed E-state index contributed by atoms with van der Waals surface area (Å²) in [5, 5.41) is 12.1. The molecule has 0 bridgehead atoms. The first kappa shape index (κ1) is 16.8. The lowest BCUT2D eigenvalue weighted by atomic mass is 10.2. The van der Waals surface area contributed by atoms with E-state index in [4.69, 9.17) is 9.47 Å². The maximum absolute atomic E-state index is 5.99. The Hall–Kier alpha value is -2.64. The minimum absolute atomic E-state index is 0.0152. The normalized spacial score (nSPS) is 19.7. The van der Waals surface area contributed by atoms with Crippen LogP contribution in [0.15, 0.2) is 55.1 Å². The largest absolute Gasteiger partial charge is 0.483 e. The van der Waals surface area contributed by atoms with Gasteiger partial charge in [-0.3, -0.25) is 9.36 Å². The van der Waals surface area contributed by atoms with E-state index in [1.54, 1.807) is 10.9 Å². The molecule has 136 valence electrons. The van der Waals surface area contributed by atoms with E-state index >= 15 is 0 Å². The zero-order valence-electron chi connectivity index (χ0n) is 14.8. The number of aryl methyl sites for hydroxylation is 1. The first-order chi connectivity index (χ1) is 12.8. The fourth-order valence-corrected chi connectivity index (χ4v) is 3.08. The van der Waals surface area contributed by atoms with Gasteiger partial charge in [-0.15, -0.1) is 0 Å². The average molecular weight is 353 g/mol. The van der Waals surface area contributed by atoms with Crippen LogP contribution in [0.4, 0.5) is 0 Å². The Labute approximate surface area is 152 Å². The lowest BCUT2D eigenvalue weighted by Crippen LogP contribution is -2.41. The second kappa shape index (κ2) is 7.72. The number of nitrogens with one attached hydrogen (secondary N) is 1. The van der Waals surface area contributed by atoms with Crippen molar-refractivity contribution >= 4 is 0 Å². The van der Waals surface area contributed by atoms with Crippen LogP contribution in [0.1, 0.15) is 11.1 Å². The Balaban J connectivity index is 1.30. The molecule has 3 heterocycles. The topological polar surface area (TPSA) is 66.1 Å². The molecule has 2 aromatic heterocycles. The summed E-state index contributed by atoms with van der Waals surface area (Å²) in [4.78, 5) is 0. The van der Waals surface area contributed by atoms with Crippen LogP contribution in [0.3, 0.4) is 0 Å². The molecule has 7 heteroatoms. The van der Waals surface area contributed by atoms with Crippen LogP contribution >= 0.6 is 0 Å². The fourth-order valence-electron chi connectivity index (χ4n) is 3.08. The van der Waals surface area contributed by atoms with Gasteiger partial charge in [0.05, 0.1) is 44.4 Å². The zero-order valence-corrected chi connectivity index (χ0v) is 14.8. The van der Waals surface area contributed by atoms with Gasteiger partial charge in [0.1, 0.15) is 6.10 Å². The number of hydrogen-bond acceptors (Lipinski definition) is 5. The summed E-state index contributed by atoms with van der Waals surface area (Å²) in [6.07, 6.45) is 7.56. The van der Waals surface area contributed by atoms with Crippen LogP contribution < -0.4 is 10.1 Å². The van der Waals surface area contributed by atoms with E-state index in [1.165, 1.54) is 5.56 Å². The molecule has 0 unspecified atom stereocenters. The highest BCUT2D eigenvalue weighted by Crippen LogP contribution is 2.16. The Morgan fingerprint density at radius 3 is 2.81 bits per heavy atom. The molecule has 1 aromatic carbocycles. The highest BCUT2D eigenvalue weighted by molar-refractivity contribution is 5.16. The summed E-state index contributed by atoms with van der Waals surface area (Å²) in [7, 11) is 1.88. The van der Waals surface area contributed by atoms with E-state index in [9.17, 15) is 0 Å². The molecule has 0 amide bonds. The monoisotopic (exact) mass is 353 g/mol. The Morgan fingerprint density at radius 2 is 2.00 bits per heavy atom. The van der Waals surface area contributed by atoms with Gasteiger partial charge in [-0.1, -0.05) is 30.3 Å². The number of ether oxygens (including phenoxy) is 2. The van der Waals surface area contributed by atoms with Crippen molar-refractivity contribution in [2.45, 2.75) is 25.2 Å². The van der Waals surface area contributed by atoms with Crippen LogP contribution in [0, 0.1) is 0 Å². The van der Waals surface area contributed by atoms with E-state index in [-0.39, 0.29) is 12.1 Å². The van der Waals surface area contributed by atoms with Gasteiger partial charge in [-0.05, 0) is 5.56 Å². The Bertz CT molecular complexity index is 829. The summed E-state index contributed by atoms with van der Waals surface area (Å²) in [6, 6.07) is 10.5. The van der Waals surface area contributed by atoms with Crippen molar-refractivity contribution in [2.24, 2.45) is 7.05 Å². The van der Waals surface area contributed by atoms with E-state index in [0.29, 0.717) is 13.2 Å². The molecule has 3 aromatic rings. The van der Waals surface area contributed by atoms with Gasteiger partial charge in [0.25, 0.3) is 0 Å². The molecule has 1 N–H and O–H groups in total. The first-order valence-corrected chi connectivity index (χ1v) is 8.78. The summed E-state index contributed by atoms with van der Waals surface area (Å²) in [5.74, 6) is 0.769. The van der Waals surface area contributed by atoms with Gasteiger partial charge in [0, 0.05) is 25.4 Å². The van der Waals surface area contributed by atoms with Crippen molar-refractivity contribution in [2.75, 3.05) is 13.2 Å². The van der Waals surface area contributed by atoms with Crippen molar-refractivity contribution in [1.29, 1.82) is 0 Å². The number of aromatic nitrogens is 4. The third kappa shape index (κ3) is 4.12. The molecule has 26 heavy (non-hydrogen) atoms. The van der Waals surface area contributed by atoms with Crippen molar-refractivity contribution in [3.63, 3.8) is 0 Å². The molecular formula is C19H23N5O2. The summed E-state index contributed by atoms with van der Waals surface area (Å²) >= 11 is 0. The van der Waals surface area contributed by atoms with Gasteiger partial charge in [0.15, 0.2) is 5.75 Å². The molecular weight excluding hydrogens is 330 g/mol. The number of rotatable bonds is 7. The smallest absolute Gasteiger partial charge is 0.157 e. The summed E-state index contributed by atoms with van der Waals surface area (Å²) in [6.45, 7) is 2.73. The average Bonchev–Trinajstić information content (AvgIpc) is 3.37. The third-order valence-corrected chi connectivity index (χ3v) is 4.44. The van der Waals surface area contributed by atoms with Crippen molar-refractivity contribution in [1.82, 2.24) is 24.9 Å². The van der Waals surface area contributed by atoms with Crippen LogP contribution in [0.25, 0.3) is 0 Å². The van der Waals surface area contributed by atoms with Gasteiger partial charge < -0.3 is 14.8 Å². The van der Waals surface area contributed by atoms with Gasteiger partial charge in [0.2, 0.25) is 0 Å². The first-order valence-electron chi connectivity index (χ1n) is 8.78. The molecule has 1 fully saturated rings. The maximum atomic E-state index is 5.99. The Morgan fingerprint density at radius 1 is 1.12 bits per heavy atom. The second-order valence-electron chi connectivity index (χ2n) is 6.56. The predicted octanol–water partition coefficient (Wildman–Crippen LogP) is 1.60. The molecule has 0 radical (unpaired) electrons. The van der Waals surface area contributed by atoms with Crippen LogP contribution in [-0.4, -0.2) is 44.9 Å². The second-order valence-corrected chi connectivity index (χ2v) is 6.56. The molecule has 2 atom stereocenters. The van der Waals surface area contributed by atoms with Crippen LogP contribution in [0.5, 0.6) is 5.75 Å². The molecule has 0 saturated carbocycles. The number of hydrogen-bond donors (Lipinski definition) is 1. The molecule has 7 nitrogen and oxygen atoms in total. The van der Waals surface area contributed by atoms with E-state index in [1.807, 2.05) is 42.3 Å². The van der Waals surface area contributed by atoms with Gasteiger partial charge in [-0.25, -0.2) is 0 Å². The molecule has 0 aliphatic carbocycles. The summed E-state index contributed by atoms with van der Waals surface area (Å²) in [5.41, 5.74) is 2.39. The van der Waals surface area contributed by atoms with Crippen LogP contribution in [-0.2, 0) is 24.9 Å². The minimum atomic E-state index is -0.0152. The zero-order chi connectivity index (χ0) is 17.8. The van der Waals surface area contributed by atoms with Gasteiger partial charge in [-0.2, -0.15) is 10.2 Å². The van der Waals surface area contributed by atoms with E-state index in [2.05, 4.69) is 33.8 Å². The third-order valence-electron chi connectivity index (χ3n) is 4.44. The van der Waals surface area contributed by atoms with Crippen molar-refractivity contribution in [3.8, 4) is 5.75 Å². The predicted molar refractivity (Wildman–Crippen MR) is 96.8 cm³/mol. The lowest BCUT2D eigenvalue weighted by Gasteiger charge is -2.19. The van der Waals surface area contributed by atoms with Crippen LogP contribution in [0.2, 0.25) is 0 Å². The number of benzene rings is 1. The highest BCUT2D eigenvalue weighted by Gasteiger charge is 2.30. The molecule has 4 rings (SSSR count). The van der Waals surface area contributed by atoms with E-state index < -0.39 is 0 Å². The molecule has 1 aliphatic rings. The summed E-state index contributed by atoms with van der Waals surface area (Å²) < 4.78 is 15.3. The Kier molecular flexibility index (Phi) is 4.99.